The van der Waals surface area contributed by atoms with Crippen LogP contribution in [-0.4, -0.2) is 32.8 Å². The maximum absolute atomic E-state index is 12.5. The molecule has 0 spiro atoms. The third-order valence-corrected chi connectivity index (χ3v) is 4.33. The molecule has 0 radical (unpaired) electrons. The SMILES string of the molecule is CNCc1c(S(=O)(=O)Nc2ccccc2OC)n[nH]c1C. The molecule has 0 bridgehead atoms. The van der Waals surface area contributed by atoms with Crippen LogP contribution in [0.4, 0.5) is 5.69 Å². The summed E-state index contributed by atoms with van der Waals surface area (Å²) in [5.74, 6) is 0.448. The standard InChI is InChI=1S/C13H18N4O3S/c1-9-10(8-14-2)13(16-15-9)21(18,19)17-11-6-4-5-7-12(11)20-3/h4-7,14,17H,8H2,1-3H3,(H,15,16). The Labute approximate surface area is 123 Å². The normalized spacial score (nSPS) is 11.4. The van der Waals surface area contributed by atoms with Crippen molar-refractivity contribution >= 4 is 15.7 Å². The summed E-state index contributed by atoms with van der Waals surface area (Å²) in [6.45, 7) is 2.19. The van der Waals surface area contributed by atoms with Crippen LogP contribution in [0, 0.1) is 6.92 Å². The molecule has 0 unspecified atom stereocenters. The van der Waals surface area contributed by atoms with Crippen molar-refractivity contribution in [2.45, 2.75) is 18.5 Å². The van der Waals surface area contributed by atoms with Crippen molar-refractivity contribution in [3.05, 3.63) is 35.5 Å². The number of anilines is 1. The Kier molecular flexibility index (Phi) is 4.49. The van der Waals surface area contributed by atoms with Crippen LogP contribution in [0.1, 0.15) is 11.3 Å². The van der Waals surface area contributed by atoms with E-state index in [1.165, 1.54) is 7.11 Å². The van der Waals surface area contributed by atoms with Crippen molar-refractivity contribution in [3.63, 3.8) is 0 Å². The number of ether oxygens (including phenoxy) is 1. The molecule has 1 heterocycles. The number of benzene rings is 1. The molecule has 0 saturated heterocycles. The molecule has 0 saturated carbocycles. The molecule has 21 heavy (non-hydrogen) atoms. The van der Waals surface area contributed by atoms with E-state index in [0.717, 1.165) is 0 Å². The van der Waals surface area contributed by atoms with Gasteiger partial charge in [0.1, 0.15) is 5.75 Å². The van der Waals surface area contributed by atoms with Gasteiger partial charge in [-0.1, -0.05) is 12.1 Å². The molecule has 0 aliphatic carbocycles. The Morgan fingerprint density at radius 2 is 2.05 bits per heavy atom. The lowest BCUT2D eigenvalue weighted by atomic mass is 10.3. The molecule has 1 aromatic heterocycles. The molecule has 0 aliphatic heterocycles. The maximum Gasteiger partial charge on any atom is 0.281 e. The number of nitrogens with one attached hydrogen (secondary N) is 3. The van der Waals surface area contributed by atoms with Gasteiger partial charge in [-0.05, 0) is 26.1 Å². The van der Waals surface area contributed by atoms with Gasteiger partial charge in [0.05, 0.1) is 12.8 Å². The van der Waals surface area contributed by atoms with Crippen LogP contribution in [0.2, 0.25) is 0 Å². The number of sulfonamides is 1. The Morgan fingerprint density at radius 1 is 1.33 bits per heavy atom. The van der Waals surface area contributed by atoms with E-state index in [9.17, 15) is 8.42 Å². The molecule has 2 rings (SSSR count). The number of aromatic amines is 1. The fourth-order valence-electron chi connectivity index (χ4n) is 1.96. The quantitative estimate of drug-likeness (QED) is 0.746. The van der Waals surface area contributed by atoms with Gasteiger partial charge >= 0.3 is 0 Å². The third kappa shape index (κ3) is 3.17. The molecular formula is C13H18N4O3S. The van der Waals surface area contributed by atoms with Crippen LogP contribution >= 0.6 is 0 Å². The van der Waals surface area contributed by atoms with E-state index >= 15 is 0 Å². The summed E-state index contributed by atoms with van der Waals surface area (Å²) in [6, 6.07) is 6.81. The predicted molar refractivity (Wildman–Crippen MR) is 79.9 cm³/mol. The van der Waals surface area contributed by atoms with Gasteiger partial charge < -0.3 is 10.1 Å². The number of methoxy groups -OCH3 is 1. The Hall–Kier alpha value is -2.06. The van der Waals surface area contributed by atoms with Gasteiger partial charge in [-0.25, -0.2) is 0 Å². The largest absolute Gasteiger partial charge is 0.495 e. The Balaban J connectivity index is 2.39. The van der Waals surface area contributed by atoms with E-state index in [0.29, 0.717) is 29.2 Å². The number of hydrogen-bond donors (Lipinski definition) is 3. The first-order chi connectivity index (χ1) is 9.99. The number of para-hydroxylation sites is 2. The highest BCUT2D eigenvalue weighted by atomic mass is 32.2. The van der Waals surface area contributed by atoms with Gasteiger partial charge in [0.2, 0.25) is 5.03 Å². The molecule has 0 aliphatic rings. The molecule has 8 heteroatoms. The number of rotatable bonds is 6. The van der Waals surface area contributed by atoms with E-state index in [-0.39, 0.29) is 5.03 Å². The van der Waals surface area contributed by atoms with Crippen LogP contribution < -0.4 is 14.8 Å². The predicted octanol–water partition coefficient (Wildman–Crippen LogP) is 1.25. The molecule has 3 N–H and O–H groups in total. The molecule has 114 valence electrons. The second-order valence-corrected chi connectivity index (χ2v) is 6.07. The summed E-state index contributed by atoms with van der Waals surface area (Å²) in [5, 5.41) is 9.52. The van der Waals surface area contributed by atoms with Crippen LogP contribution in [-0.2, 0) is 16.6 Å². The fourth-order valence-corrected chi connectivity index (χ4v) is 3.23. The van der Waals surface area contributed by atoms with E-state index in [1.807, 2.05) is 0 Å². The lowest BCUT2D eigenvalue weighted by molar-refractivity contribution is 0.417. The minimum atomic E-state index is -3.79. The lowest BCUT2D eigenvalue weighted by Crippen LogP contribution is -2.17. The molecule has 7 nitrogen and oxygen atoms in total. The average molecular weight is 310 g/mol. The summed E-state index contributed by atoms with van der Waals surface area (Å²) in [6.07, 6.45) is 0. The minimum Gasteiger partial charge on any atom is -0.495 e. The second-order valence-electron chi connectivity index (χ2n) is 4.47. The first kappa shape index (κ1) is 15.3. The van der Waals surface area contributed by atoms with Gasteiger partial charge in [0.25, 0.3) is 10.0 Å². The molecule has 0 amide bonds. The summed E-state index contributed by atoms with van der Waals surface area (Å²) >= 11 is 0. The van der Waals surface area contributed by atoms with Crippen LogP contribution in [0.3, 0.4) is 0 Å². The van der Waals surface area contributed by atoms with Gasteiger partial charge in [-0.3, -0.25) is 9.82 Å². The van der Waals surface area contributed by atoms with E-state index in [1.54, 1.807) is 38.2 Å². The van der Waals surface area contributed by atoms with Crippen LogP contribution in [0.5, 0.6) is 5.75 Å². The highest BCUT2D eigenvalue weighted by Gasteiger charge is 2.24. The number of aromatic nitrogens is 2. The van der Waals surface area contributed by atoms with Crippen LogP contribution in [0.25, 0.3) is 0 Å². The zero-order valence-electron chi connectivity index (χ0n) is 12.1. The first-order valence-electron chi connectivity index (χ1n) is 6.34. The maximum atomic E-state index is 12.5. The Bertz CT molecular complexity index is 725. The van der Waals surface area contributed by atoms with Crippen molar-refractivity contribution in [1.82, 2.24) is 15.5 Å². The van der Waals surface area contributed by atoms with Gasteiger partial charge in [0, 0.05) is 17.8 Å². The topological polar surface area (TPSA) is 96.1 Å². The lowest BCUT2D eigenvalue weighted by Gasteiger charge is -2.11. The summed E-state index contributed by atoms with van der Waals surface area (Å²) < 4.78 is 32.6. The fraction of sp³-hybridized carbons (Fsp3) is 0.308. The number of H-pyrrole nitrogens is 1. The number of hydrogen-bond acceptors (Lipinski definition) is 5. The van der Waals surface area contributed by atoms with E-state index in [2.05, 4.69) is 20.2 Å². The van der Waals surface area contributed by atoms with E-state index in [4.69, 9.17) is 4.74 Å². The molecule has 0 atom stereocenters. The average Bonchev–Trinajstić information content (AvgIpc) is 2.82. The zero-order chi connectivity index (χ0) is 15.5. The van der Waals surface area contributed by atoms with Gasteiger partial charge in [-0.15, -0.1) is 0 Å². The van der Waals surface area contributed by atoms with Gasteiger partial charge in [-0.2, -0.15) is 13.5 Å². The summed E-state index contributed by atoms with van der Waals surface area (Å²) in [7, 11) is -0.559. The smallest absolute Gasteiger partial charge is 0.281 e. The van der Waals surface area contributed by atoms with Gasteiger partial charge in [0.15, 0.2) is 0 Å². The zero-order valence-corrected chi connectivity index (χ0v) is 12.9. The molecular weight excluding hydrogens is 292 g/mol. The van der Waals surface area contributed by atoms with Crippen molar-refractivity contribution in [2.75, 3.05) is 18.9 Å². The Morgan fingerprint density at radius 3 is 2.71 bits per heavy atom. The molecule has 1 aromatic carbocycles. The highest BCUT2D eigenvalue weighted by Crippen LogP contribution is 2.27. The second kappa shape index (κ2) is 6.15. The summed E-state index contributed by atoms with van der Waals surface area (Å²) in [4.78, 5) is 0. The van der Waals surface area contributed by atoms with Crippen molar-refractivity contribution in [2.24, 2.45) is 0 Å². The minimum absolute atomic E-state index is 0.0137. The molecule has 2 aromatic rings. The van der Waals surface area contributed by atoms with Crippen molar-refractivity contribution < 1.29 is 13.2 Å². The first-order valence-corrected chi connectivity index (χ1v) is 7.82. The van der Waals surface area contributed by atoms with E-state index < -0.39 is 10.0 Å². The number of nitrogens with zero attached hydrogens (tertiary/aromatic N) is 1. The van der Waals surface area contributed by atoms with Crippen LogP contribution in [0.15, 0.2) is 29.3 Å². The highest BCUT2D eigenvalue weighted by molar-refractivity contribution is 7.92. The molecule has 0 fully saturated rings. The summed E-state index contributed by atoms with van der Waals surface area (Å²) in [5.41, 5.74) is 1.70. The number of aryl methyl sites for hydroxylation is 1. The van der Waals surface area contributed by atoms with Crippen molar-refractivity contribution in [3.8, 4) is 5.75 Å². The third-order valence-electron chi connectivity index (χ3n) is 3.00. The van der Waals surface area contributed by atoms with Crippen molar-refractivity contribution in [1.29, 1.82) is 0 Å². The monoisotopic (exact) mass is 310 g/mol.